The predicted octanol–water partition coefficient (Wildman–Crippen LogP) is 5.36. The third-order valence-corrected chi connectivity index (χ3v) is 5.73. The average Bonchev–Trinajstić information content (AvgIpc) is 2.80. The van der Waals surface area contributed by atoms with Crippen LogP contribution in [0.3, 0.4) is 0 Å². The monoisotopic (exact) mass is 421 g/mol. The summed E-state index contributed by atoms with van der Waals surface area (Å²) in [5.74, 6) is 0.835. The summed E-state index contributed by atoms with van der Waals surface area (Å²) in [6.45, 7) is 1.68. The van der Waals surface area contributed by atoms with Gasteiger partial charge in [0.25, 0.3) is 0 Å². The molecule has 4 rings (SSSR count). The van der Waals surface area contributed by atoms with Gasteiger partial charge in [0.05, 0.1) is 6.61 Å². The van der Waals surface area contributed by atoms with Crippen LogP contribution >= 0.6 is 11.6 Å². The van der Waals surface area contributed by atoms with E-state index < -0.39 is 0 Å². The number of carbonyl (C=O) groups excluding carboxylic acids is 1. The van der Waals surface area contributed by atoms with Gasteiger partial charge in [-0.15, -0.1) is 0 Å². The number of benzene rings is 3. The largest absolute Gasteiger partial charge is 0.490 e. The molecule has 5 heteroatoms. The number of aliphatic hydroxyl groups excluding tert-OH is 1. The molecule has 0 amide bonds. The number of aliphatic hydroxyl groups is 1. The number of nitrogens with zero attached hydrogens (tertiary/aromatic N) is 1. The molecule has 0 radical (unpaired) electrons. The highest BCUT2D eigenvalue weighted by Gasteiger charge is 2.23. The highest BCUT2D eigenvalue weighted by Crippen LogP contribution is 2.34. The van der Waals surface area contributed by atoms with Crippen LogP contribution in [0.4, 0.5) is 5.69 Å². The molecule has 1 heterocycles. The lowest BCUT2D eigenvalue weighted by atomic mass is 9.97. The Balaban J connectivity index is 1.53. The lowest BCUT2D eigenvalue weighted by Gasteiger charge is -2.35. The molecule has 30 heavy (non-hydrogen) atoms. The van der Waals surface area contributed by atoms with Crippen molar-refractivity contribution < 1.29 is 14.6 Å². The minimum absolute atomic E-state index is 0.00300. The second-order valence-electron chi connectivity index (χ2n) is 7.51. The first-order chi connectivity index (χ1) is 14.7. The van der Waals surface area contributed by atoms with E-state index in [9.17, 15) is 9.90 Å². The maximum Gasteiger partial charge on any atom is 0.150 e. The summed E-state index contributed by atoms with van der Waals surface area (Å²) in [7, 11) is 0. The van der Waals surface area contributed by atoms with Gasteiger partial charge in [-0.2, -0.15) is 0 Å². The van der Waals surface area contributed by atoms with E-state index in [2.05, 4.69) is 4.90 Å². The maximum atomic E-state index is 11.4. The van der Waals surface area contributed by atoms with Gasteiger partial charge in [-0.25, -0.2) is 0 Å². The molecule has 1 N–H and O–H groups in total. The van der Waals surface area contributed by atoms with Crippen molar-refractivity contribution in [1.82, 2.24) is 0 Å². The number of ether oxygens (including phenoxy) is 1. The lowest BCUT2D eigenvalue weighted by Crippen LogP contribution is -2.38. The van der Waals surface area contributed by atoms with Gasteiger partial charge in [0.2, 0.25) is 0 Å². The van der Waals surface area contributed by atoms with E-state index in [1.54, 1.807) is 0 Å². The van der Waals surface area contributed by atoms with Crippen LogP contribution in [0.5, 0.6) is 5.75 Å². The average molecular weight is 422 g/mol. The molecule has 3 aromatic carbocycles. The van der Waals surface area contributed by atoms with Crippen LogP contribution in [0, 0.1) is 0 Å². The summed E-state index contributed by atoms with van der Waals surface area (Å²) in [6, 6.07) is 21.1. The summed E-state index contributed by atoms with van der Waals surface area (Å²) in [5.41, 5.74) is 4.67. The summed E-state index contributed by atoms with van der Waals surface area (Å²) in [5, 5.41) is 10.2. The number of anilines is 1. The molecule has 154 valence electrons. The normalized spacial score (nSPS) is 14.5. The topological polar surface area (TPSA) is 49.8 Å². The minimum atomic E-state index is 0.00300. The summed E-state index contributed by atoms with van der Waals surface area (Å²) < 4.78 is 6.12. The van der Waals surface area contributed by atoms with Crippen LogP contribution in [0.2, 0.25) is 5.02 Å². The Bertz CT molecular complexity index is 1010. The van der Waals surface area contributed by atoms with Crippen molar-refractivity contribution in [2.24, 2.45) is 0 Å². The lowest BCUT2D eigenvalue weighted by molar-refractivity contribution is 0.112. The fourth-order valence-corrected chi connectivity index (χ4v) is 4.01. The molecule has 4 nitrogen and oxygen atoms in total. The molecule has 0 unspecified atom stereocenters. The summed E-state index contributed by atoms with van der Waals surface area (Å²) >= 11 is 5.95. The van der Waals surface area contributed by atoms with Crippen LogP contribution in [0.25, 0.3) is 11.1 Å². The zero-order valence-electron chi connectivity index (χ0n) is 16.6. The van der Waals surface area contributed by atoms with E-state index >= 15 is 0 Å². The minimum Gasteiger partial charge on any atom is -0.490 e. The molecular weight excluding hydrogens is 398 g/mol. The third-order valence-electron chi connectivity index (χ3n) is 5.48. The SMILES string of the molecule is O=Cc1ccc(-c2cccc(CO)c2)c(N2CCC(Oc3ccc(Cl)cc3)CC2)c1. The molecule has 0 spiro atoms. The Kier molecular flexibility index (Phi) is 6.36. The van der Waals surface area contributed by atoms with Crippen LogP contribution in [-0.2, 0) is 6.61 Å². The fraction of sp³-hybridized carbons (Fsp3) is 0.240. The van der Waals surface area contributed by atoms with Crippen molar-refractivity contribution in [3.8, 4) is 16.9 Å². The Hall–Kier alpha value is -2.82. The molecule has 1 aliphatic heterocycles. The zero-order chi connectivity index (χ0) is 20.9. The Morgan fingerprint density at radius 2 is 1.80 bits per heavy atom. The van der Waals surface area contributed by atoms with Crippen molar-refractivity contribution in [2.75, 3.05) is 18.0 Å². The van der Waals surface area contributed by atoms with Crippen LogP contribution in [-0.4, -0.2) is 30.6 Å². The van der Waals surface area contributed by atoms with E-state index in [1.807, 2.05) is 66.7 Å². The van der Waals surface area contributed by atoms with Gasteiger partial charge in [-0.05, 0) is 47.5 Å². The number of rotatable bonds is 6. The van der Waals surface area contributed by atoms with Gasteiger partial charge in [0, 0.05) is 47.8 Å². The predicted molar refractivity (Wildman–Crippen MR) is 121 cm³/mol. The molecule has 0 atom stereocenters. The van der Waals surface area contributed by atoms with Crippen LogP contribution < -0.4 is 9.64 Å². The van der Waals surface area contributed by atoms with E-state index in [0.717, 1.165) is 60.3 Å². The fourth-order valence-electron chi connectivity index (χ4n) is 3.89. The number of aldehydes is 1. The highest BCUT2D eigenvalue weighted by molar-refractivity contribution is 6.30. The van der Waals surface area contributed by atoms with E-state index in [-0.39, 0.29) is 12.7 Å². The smallest absolute Gasteiger partial charge is 0.150 e. The quantitative estimate of drug-likeness (QED) is 0.544. The van der Waals surface area contributed by atoms with Gasteiger partial charge < -0.3 is 14.7 Å². The first-order valence-electron chi connectivity index (χ1n) is 10.1. The van der Waals surface area contributed by atoms with E-state index in [0.29, 0.717) is 10.6 Å². The maximum absolute atomic E-state index is 11.4. The van der Waals surface area contributed by atoms with Crippen LogP contribution in [0.1, 0.15) is 28.8 Å². The molecule has 1 aliphatic rings. The van der Waals surface area contributed by atoms with Crippen molar-refractivity contribution in [2.45, 2.75) is 25.6 Å². The molecule has 0 aliphatic carbocycles. The van der Waals surface area contributed by atoms with Crippen molar-refractivity contribution in [1.29, 1.82) is 0 Å². The first kappa shape index (κ1) is 20.5. The number of hydrogen-bond acceptors (Lipinski definition) is 4. The first-order valence-corrected chi connectivity index (χ1v) is 10.5. The highest BCUT2D eigenvalue weighted by atomic mass is 35.5. The van der Waals surface area contributed by atoms with Gasteiger partial charge >= 0.3 is 0 Å². The van der Waals surface area contributed by atoms with Crippen molar-refractivity contribution in [3.63, 3.8) is 0 Å². The third kappa shape index (κ3) is 4.66. The second-order valence-corrected chi connectivity index (χ2v) is 7.95. The number of piperidine rings is 1. The number of halogens is 1. The second kappa shape index (κ2) is 9.33. The Labute approximate surface area is 181 Å². The van der Waals surface area contributed by atoms with Crippen molar-refractivity contribution >= 4 is 23.6 Å². The van der Waals surface area contributed by atoms with E-state index in [4.69, 9.17) is 16.3 Å². The van der Waals surface area contributed by atoms with Crippen molar-refractivity contribution in [3.05, 3.63) is 82.9 Å². The Morgan fingerprint density at radius 3 is 2.50 bits per heavy atom. The van der Waals surface area contributed by atoms with Crippen LogP contribution in [0.15, 0.2) is 66.7 Å². The van der Waals surface area contributed by atoms with E-state index in [1.165, 1.54) is 0 Å². The Morgan fingerprint density at radius 1 is 1.03 bits per heavy atom. The van der Waals surface area contributed by atoms with Gasteiger partial charge in [-0.3, -0.25) is 4.79 Å². The molecular formula is C25H24ClNO3. The molecule has 1 fully saturated rings. The summed E-state index contributed by atoms with van der Waals surface area (Å²) in [4.78, 5) is 13.7. The number of hydrogen-bond donors (Lipinski definition) is 1. The molecule has 3 aromatic rings. The zero-order valence-corrected chi connectivity index (χ0v) is 17.4. The molecule has 0 aromatic heterocycles. The molecule has 1 saturated heterocycles. The molecule has 0 bridgehead atoms. The standard InChI is InChI=1S/C25H24ClNO3/c26-21-5-7-22(8-6-21)30-23-10-12-27(13-11-23)25-15-19(17-29)4-9-24(25)20-3-1-2-18(14-20)16-28/h1-9,14-15,17,23,28H,10-13,16H2. The molecule has 0 saturated carbocycles. The summed E-state index contributed by atoms with van der Waals surface area (Å²) in [6.07, 6.45) is 2.82. The van der Waals surface area contributed by atoms with Gasteiger partial charge in [0.1, 0.15) is 18.1 Å². The van der Waals surface area contributed by atoms with Gasteiger partial charge in [-0.1, -0.05) is 41.9 Å². The van der Waals surface area contributed by atoms with Gasteiger partial charge in [0.15, 0.2) is 0 Å². The number of carbonyl (C=O) groups is 1.